The first kappa shape index (κ1) is 18.9. The van der Waals surface area contributed by atoms with Crippen LogP contribution in [0.15, 0.2) is 71.3 Å². The summed E-state index contributed by atoms with van der Waals surface area (Å²) in [6.07, 6.45) is 2.19. The second-order valence-electron chi connectivity index (χ2n) is 6.69. The molecule has 2 amide bonds. The minimum Gasteiger partial charge on any atom is -0.469 e. The fourth-order valence-electron chi connectivity index (χ4n) is 3.10. The minimum atomic E-state index is -0.341. The van der Waals surface area contributed by atoms with E-state index in [1.807, 2.05) is 43.3 Å². The van der Waals surface area contributed by atoms with E-state index < -0.39 is 0 Å². The molecule has 0 bridgehead atoms. The molecule has 29 heavy (non-hydrogen) atoms. The Morgan fingerprint density at radius 2 is 1.83 bits per heavy atom. The van der Waals surface area contributed by atoms with Gasteiger partial charge in [0, 0.05) is 17.8 Å². The van der Waals surface area contributed by atoms with Gasteiger partial charge < -0.3 is 15.1 Å². The van der Waals surface area contributed by atoms with Crippen LogP contribution in [0, 0.1) is 0 Å². The summed E-state index contributed by atoms with van der Waals surface area (Å²) in [6, 6.07) is 18.1. The third kappa shape index (κ3) is 4.20. The van der Waals surface area contributed by atoms with Crippen molar-refractivity contribution in [3.8, 4) is 0 Å². The quantitative estimate of drug-likeness (QED) is 0.495. The zero-order valence-corrected chi connectivity index (χ0v) is 16.5. The molecule has 2 aromatic carbocycles. The van der Waals surface area contributed by atoms with Gasteiger partial charge in [-0.2, -0.15) is 4.37 Å². The van der Waals surface area contributed by atoms with E-state index in [0.29, 0.717) is 23.4 Å². The molecule has 4 aromatic rings. The van der Waals surface area contributed by atoms with Crippen LogP contribution in [0.3, 0.4) is 0 Å². The molecule has 4 rings (SSSR count). The average molecular weight is 405 g/mol. The Morgan fingerprint density at radius 3 is 2.66 bits per heavy atom. The maximum atomic E-state index is 12.8. The number of para-hydroxylation sites is 1. The van der Waals surface area contributed by atoms with Gasteiger partial charge in [-0.05, 0) is 48.8 Å². The van der Waals surface area contributed by atoms with Crippen molar-refractivity contribution in [2.75, 3.05) is 5.32 Å². The van der Waals surface area contributed by atoms with Gasteiger partial charge >= 0.3 is 0 Å². The minimum absolute atomic E-state index is 0.125. The van der Waals surface area contributed by atoms with Gasteiger partial charge in [-0.1, -0.05) is 30.3 Å². The molecule has 1 atom stereocenters. The van der Waals surface area contributed by atoms with Crippen LogP contribution >= 0.6 is 11.5 Å². The number of benzene rings is 2. The van der Waals surface area contributed by atoms with Crippen LogP contribution in [0.5, 0.6) is 0 Å². The zero-order valence-electron chi connectivity index (χ0n) is 15.7. The summed E-state index contributed by atoms with van der Waals surface area (Å²) in [5.41, 5.74) is 1.19. The summed E-state index contributed by atoms with van der Waals surface area (Å²) in [5, 5.41) is 6.57. The molecule has 2 heterocycles. The fraction of sp³-hybridized carbons (Fsp3) is 0.136. The van der Waals surface area contributed by atoms with Crippen LogP contribution < -0.4 is 10.6 Å². The first-order chi connectivity index (χ1) is 14.1. The monoisotopic (exact) mass is 405 g/mol. The van der Waals surface area contributed by atoms with Crippen molar-refractivity contribution in [3.05, 3.63) is 83.9 Å². The highest BCUT2D eigenvalue weighted by atomic mass is 32.1. The van der Waals surface area contributed by atoms with Gasteiger partial charge in [-0.25, -0.2) is 0 Å². The highest BCUT2D eigenvalue weighted by molar-refractivity contribution is 7.13. The van der Waals surface area contributed by atoms with Gasteiger partial charge in [0.2, 0.25) is 0 Å². The zero-order chi connectivity index (χ0) is 20.2. The van der Waals surface area contributed by atoms with Crippen molar-refractivity contribution in [2.45, 2.75) is 19.4 Å². The number of rotatable bonds is 6. The molecule has 0 radical (unpaired) electrons. The summed E-state index contributed by atoms with van der Waals surface area (Å²) < 4.78 is 10.5. The third-order valence-corrected chi connectivity index (χ3v) is 5.30. The molecule has 0 aliphatic rings. The van der Waals surface area contributed by atoms with Crippen LogP contribution in [0.2, 0.25) is 0 Å². The summed E-state index contributed by atoms with van der Waals surface area (Å²) in [7, 11) is 0. The lowest BCUT2D eigenvalue weighted by molar-refractivity contribution is 0.0940. The number of nitrogens with zero attached hydrogens (tertiary/aromatic N) is 1. The van der Waals surface area contributed by atoms with Crippen LogP contribution in [0.25, 0.3) is 10.1 Å². The molecule has 0 saturated carbocycles. The van der Waals surface area contributed by atoms with E-state index in [4.69, 9.17) is 4.42 Å². The van der Waals surface area contributed by atoms with Crippen molar-refractivity contribution < 1.29 is 14.0 Å². The number of amides is 2. The van der Waals surface area contributed by atoms with Gasteiger partial charge in [0.1, 0.15) is 11.5 Å². The van der Waals surface area contributed by atoms with Gasteiger partial charge in [0.15, 0.2) is 0 Å². The summed E-state index contributed by atoms with van der Waals surface area (Å²) in [4.78, 5) is 25.6. The predicted molar refractivity (Wildman–Crippen MR) is 113 cm³/mol. The largest absolute Gasteiger partial charge is 0.469 e. The van der Waals surface area contributed by atoms with E-state index in [1.165, 1.54) is 11.5 Å². The van der Waals surface area contributed by atoms with Crippen molar-refractivity contribution in [2.24, 2.45) is 0 Å². The van der Waals surface area contributed by atoms with Crippen molar-refractivity contribution in [3.63, 3.8) is 0 Å². The SMILES string of the molecule is C[C@H](Cc1ccco1)NC(=O)c1ccccc1NC(=O)c1nsc2ccccc12. The molecule has 2 aromatic heterocycles. The predicted octanol–water partition coefficient (Wildman–Crippen LogP) is 4.50. The lowest BCUT2D eigenvalue weighted by Crippen LogP contribution is -2.34. The first-order valence-corrected chi connectivity index (χ1v) is 9.97. The van der Waals surface area contributed by atoms with E-state index in [2.05, 4.69) is 15.0 Å². The topological polar surface area (TPSA) is 84.2 Å². The van der Waals surface area contributed by atoms with Crippen LogP contribution in [-0.4, -0.2) is 22.2 Å². The van der Waals surface area contributed by atoms with Crippen molar-refractivity contribution in [1.29, 1.82) is 0 Å². The second kappa shape index (κ2) is 8.28. The first-order valence-electron chi connectivity index (χ1n) is 9.20. The highest BCUT2D eigenvalue weighted by Crippen LogP contribution is 2.24. The van der Waals surface area contributed by atoms with Crippen LogP contribution in [0.4, 0.5) is 5.69 Å². The van der Waals surface area contributed by atoms with Crippen molar-refractivity contribution >= 4 is 39.1 Å². The van der Waals surface area contributed by atoms with E-state index in [9.17, 15) is 9.59 Å². The number of fused-ring (bicyclic) bond motifs is 1. The Labute approximate surface area is 171 Å². The van der Waals surface area contributed by atoms with Crippen molar-refractivity contribution in [1.82, 2.24) is 9.69 Å². The molecule has 146 valence electrons. The Balaban J connectivity index is 1.50. The van der Waals surface area contributed by atoms with Crippen LogP contribution in [0.1, 0.15) is 33.5 Å². The summed E-state index contributed by atoms with van der Waals surface area (Å²) in [6.45, 7) is 1.91. The fourth-order valence-corrected chi connectivity index (χ4v) is 3.88. The number of nitrogens with one attached hydrogen (secondary N) is 2. The molecule has 0 spiro atoms. The Bertz CT molecular complexity index is 1150. The number of hydrogen-bond donors (Lipinski definition) is 2. The van der Waals surface area contributed by atoms with Gasteiger partial charge in [-0.3, -0.25) is 9.59 Å². The Kier molecular flexibility index (Phi) is 5.39. The van der Waals surface area contributed by atoms with E-state index in [0.717, 1.165) is 15.8 Å². The number of furan rings is 1. The number of anilines is 1. The molecule has 0 unspecified atom stereocenters. The Morgan fingerprint density at radius 1 is 1.03 bits per heavy atom. The summed E-state index contributed by atoms with van der Waals surface area (Å²) >= 11 is 1.27. The van der Waals surface area contributed by atoms with E-state index >= 15 is 0 Å². The number of aromatic nitrogens is 1. The van der Waals surface area contributed by atoms with Gasteiger partial charge in [0.05, 0.1) is 22.2 Å². The standard InChI is InChI=1S/C22H19N3O3S/c1-14(13-15-7-6-12-28-15)23-21(26)16-8-2-4-10-18(16)24-22(27)20-17-9-3-5-11-19(17)29-25-20/h2-12,14H,13H2,1H3,(H,23,26)(H,24,27)/t14-/m1/s1. The van der Waals surface area contributed by atoms with E-state index in [-0.39, 0.29) is 17.9 Å². The molecule has 7 heteroatoms. The number of carbonyl (C=O) groups excluding carboxylic acids is 2. The molecule has 0 aliphatic heterocycles. The smallest absolute Gasteiger partial charge is 0.276 e. The number of hydrogen-bond acceptors (Lipinski definition) is 5. The molecular formula is C22H19N3O3S. The normalized spacial score (nSPS) is 11.9. The Hall–Kier alpha value is -3.45. The third-order valence-electron chi connectivity index (χ3n) is 4.48. The van der Waals surface area contributed by atoms with E-state index in [1.54, 1.807) is 30.5 Å². The molecular weight excluding hydrogens is 386 g/mol. The van der Waals surface area contributed by atoms with Gasteiger partial charge in [-0.15, -0.1) is 0 Å². The molecule has 2 N–H and O–H groups in total. The lowest BCUT2D eigenvalue weighted by atomic mass is 10.1. The molecule has 0 saturated heterocycles. The van der Waals surface area contributed by atoms with Crippen LogP contribution in [-0.2, 0) is 6.42 Å². The number of carbonyl (C=O) groups is 2. The molecule has 0 fully saturated rings. The second-order valence-corrected chi connectivity index (χ2v) is 7.49. The average Bonchev–Trinajstić information content (AvgIpc) is 3.37. The highest BCUT2D eigenvalue weighted by Gasteiger charge is 2.19. The summed E-state index contributed by atoms with van der Waals surface area (Å²) in [5.74, 6) is 0.198. The lowest BCUT2D eigenvalue weighted by Gasteiger charge is -2.15. The van der Waals surface area contributed by atoms with Gasteiger partial charge in [0.25, 0.3) is 11.8 Å². The maximum absolute atomic E-state index is 12.8. The molecule has 0 aliphatic carbocycles. The maximum Gasteiger partial charge on any atom is 0.276 e. The molecule has 6 nitrogen and oxygen atoms in total.